The number of nitrogens with two attached hydrogens (primary N) is 2. The van der Waals surface area contributed by atoms with Crippen molar-refractivity contribution in [3.63, 3.8) is 0 Å². The van der Waals surface area contributed by atoms with E-state index in [0.717, 1.165) is 25.7 Å². The van der Waals surface area contributed by atoms with Crippen molar-refractivity contribution < 1.29 is 9.59 Å². The standard InChI is InChI=1S/C15H27N3O2S/c1-3-8-15(9-4-2,13(17)21)14(20)18-10-6-5-7-11(18)12(16)19/h11H,3-10H2,1-2H3,(H2,16,19)(H2,17,21). The van der Waals surface area contributed by atoms with Crippen LogP contribution in [0, 0.1) is 5.41 Å². The number of amides is 2. The van der Waals surface area contributed by atoms with E-state index >= 15 is 0 Å². The molecule has 0 radical (unpaired) electrons. The van der Waals surface area contributed by atoms with Gasteiger partial charge in [0.05, 0.1) is 10.4 Å². The Labute approximate surface area is 132 Å². The summed E-state index contributed by atoms with van der Waals surface area (Å²) in [5.41, 5.74) is 10.6. The van der Waals surface area contributed by atoms with Gasteiger partial charge >= 0.3 is 0 Å². The van der Waals surface area contributed by atoms with E-state index in [-0.39, 0.29) is 10.9 Å². The van der Waals surface area contributed by atoms with Crippen LogP contribution in [-0.2, 0) is 9.59 Å². The average Bonchev–Trinajstić information content (AvgIpc) is 2.45. The van der Waals surface area contributed by atoms with Crippen LogP contribution in [-0.4, -0.2) is 34.3 Å². The summed E-state index contributed by atoms with van der Waals surface area (Å²) in [7, 11) is 0. The fourth-order valence-electron chi connectivity index (χ4n) is 3.29. The average molecular weight is 313 g/mol. The molecule has 0 bridgehead atoms. The van der Waals surface area contributed by atoms with E-state index < -0.39 is 17.4 Å². The van der Waals surface area contributed by atoms with Crippen molar-refractivity contribution >= 4 is 29.0 Å². The Kier molecular flexibility index (Phi) is 6.58. The van der Waals surface area contributed by atoms with Crippen LogP contribution >= 0.6 is 12.2 Å². The lowest BCUT2D eigenvalue weighted by Crippen LogP contribution is -2.58. The van der Waals surface area contributed by atoms with Gasteiger partial charge in [-0.25, -0.2) is 0 Å². The van der Waals surface area contributed by atoms with Gasteiger partial charge in [-0.05, 0) is 32.1 Å². The van der Waals surface area contributed by atoms with Gasteiger partial charge in [0.2, 0.25) is 11.8 Å². The molecule has 0 aliphatic carbocycles. The highest BCUT2D eigenvalue weighted by Crippen LogP contribution is 2.35. The number of carbonyl (C=O) groups is 2. The van der Waals surface area contributed by atoms with Gasteiger partial charge in [0.1, 0.15) is 6.04 Å². The largest absolute Gasteiger partial charge is 0.392 e. The molecule has 1 aliphatic heterocycles. The van der Waals surface area contributed by atoms with Crippen molar-refractivity contribution in [2.24, 2.45) is 16.9 Å². The first-order chi connectivity index (χ1) is 9.90. The third-order valence-electron chi connectivity index (χ3n) is 4.33. The molecular formula is C15H27N3O2S. The second kappa shape index (κ2) is 7.73. The second-order valence-corrected chi connectivity index (χ2v) is 6.30. The number of hydrogen-bond acceptors (Lipinski definition) is 3. The molecular weight excluding hydrogens is 286 g/mol. The first kappa shape index (κ1) is 17.9. The summed E-state index contributed by atoms with van der Waals surface area (Å²) in [4.78, 5) is 26.6. The molecule has 0 saturated carbocycles. The van der Waals surface area contributed by atoms with E-state index in [9.17, 15) is 9.59 Å². The lowest BCUT2D eigenvalue weighted by molar-refractivity contribution is -0.147. The molecule has 0 aromatic heterocycles. The molecule has 1 unspecified atom stereocenters. The Hall–Kier alpha value is -1.17. The van der Waals surface area contributed by atoms with Gasteiger partial charge in [-0.3, -0.25) is 9.59 Å². The minimum absolute atomic E-state index is 0.109. The predicted molar refractivity (Wildman–Crippen MR) is 87.6 cm³/mol. The summed E-state index contributed by atoms with van der Waals surface area (Å²) in [6, 6.07) is -0.520. The van der Waals surface area contributed by atoms with Gasteiger partial charge in [-0.1, -0.05) is 38.9 Å². The van der Waals surface area contributed by atoms with Crippen molar-refractivity contribution in [3.05, 3.63) is 0 Å². The number of carbonyl (C=O) groups excluding carboxylic acids is 2. The molecule has 1 heterocycles. The third-order valence-corrected chi connectivity index (χ3v) is 4.72. The van der Waals surface area contributed by atoms with E-state index in [1.165, 1.54) is 0 Å². The van der Waals surface area contributed by atoms with Crippen molar-refractivity contribution in [2.45, 2.75) is 64.8 Å². The molecule has 2 amide bonds. The Morgan fingerprint density at radius 3 is 2.19 bits per heavy atom. The lowest BCUT2D eigenvalue weighted by Gasteiger charge is -2.41. The zero-order chi connectivity index (χ0) is 16.0. The van der Waals surface area contributed by atoms with Gasteiger partial charge in [0.25, 0.3) is 0 Å². The summed E-state index contributed by atoms with van der Waals surface area (Å²) in [5.74, 6) is -0.546. The molecule has 1 aliphatic rings. The van der Waals surface area contributed by atoms with Crippen molar-refractivity contribution in [2.75, 3.05) is 6.54 Å². The van der Waals surface area contributed by atoms with Crippen LogP contribution in [0.3, 0.4) is 0 Å². The van der Waals surface area contributed by atoms with Crippen molar-refractivity contribution in [3.8, 4) is 0 Å². The van der Waals surface area contributed by atoms with Gasteiger partial charge in [-0.15, -0.1) is 0 Å². The Morgan fingerprint density at radius 2 is 1.76 bits per heavy atom. The van der Waals surface area contributed by atoms with E-state index in [2.05, 4.69) is 0 Å². The number of likely N-dealkylation sites (tertiary alicyclic amines) is 1. The molecule has 5 nitrogen and oxygen atoms in total. The molecule has 1 saturated heterocycles. The molecule has 1 atom stereocenters. The summed E-state index contributed by atoms with van der Waals surface area (Å²) >= 11 is 5.22. The third kappa shape index (κ3) is 3.73. The number of rotatable bonds is 7. The van der Waals surface area contributed by atoms with Crippen LogP contribution in [0.4, 0.5) is 0 Å². The molecule has 1 rings (SSSR count). The van der Waals surface area contributed by atoms with E-state index in [0.29, 0.717) is 25.8 Å². The summed E-state index contributed by atoms with van der Waals surface area (Å²) < 4.78 is 0. The zero-order valence-corrected chi connectivity index (χ0v) is 13.9. The van der Waals surface area contributed by atoms with Gasteiger partial charge in [0, 0.05) is 6.54 Å². The first-order valence-electron chi connectivity index (χ1n) is 7.81. The first-order valence-corrected chi connectivity index (χ1v) is 8.21. The summed E-state index contributed by atoms with van der Waals surface area (Å²) in [5, 5.41) is 0. The quantitative estimate of drug-likeness (QED) is 0.700. The van der Waals surface area contributed by atoms with Crippen molar-refractivity contribution in [1.82, 2.24) is 4.90 Å². The predicted octanol–water partition coefficient (Wildman–Crippen LogP) is 1.73. The second-order valence-electron chi connectivity index (χ2n) is 5.86. The maximum Gasteiger partial charge on any atom is 0.240 e. The van der Waals surface area contributed by atoms with E-state index in [4.69, 9.17) is 23.7 Å². The molecule has 0 aromatic rings. The Morgan fingerprint density at radius 1 is 1.19 bits per heavy atom. The molecule has 21 heavy (non-hydrogen) atoms. The maximum absolute atomic E-state index is 13.1. The highest BCUT2D eigenvalue weighted by Gasteiger charge is 2.45. The Bertz CT molecular complexity index is 406. The molecule has 0 aromatic carbocycles. The summed E-state index contributed by atoms with van der Waals surface area (Å²) in [6.45, 7) is 4.58. The topological polar surface area (TPSA) is 89.4 Å². The number of nitrogens with zero attached hydrogens (tertiary/aromatic N) is 1. The molecule has 4 N–H and O–H groups in total. The highest BCUT2D eigenvalue weighted by molar-refractivity contribution is 7.80. The monoisotopic (exact) mass is 313 g/mol. The molecule has 120 valence electrons. The normalized spacial score (nSPS) is 19.3. The van der Waals surface area contributed by atoms with E-state index in [1.54, 1.807) is 4.90 Å². The molecule has 1 fully saturated rings. The highest BCUT2D eigenvalue weighted by atomic mass is 32.1. The smallest absolute Gasteiger partial charge is 0.240 e. The minimum Gasteiger partial charge on any atom is -0.392 e. The maximum atomic E-state index is 13.1. The van der Waals surface area contributed by atoms with Crippen LogP contribution in [0.15, 0.2) is 0 Å². The number of primary amides is 1. The number of hydrogen-bond donors (Lipinski definition) is 2. The lowest BCUT2D eigenvalue weighted by atomic mass is 9.77. The fourth-order valence-corrected chi connectivity index (χ4v) is 3.58. The van der Waals surface area contributed by atoms with Crippen LogP contribution in [0.2, 0.25) is 0 Å². The SMILES string of the molecule is CCCC(CCC)(C(=O)N1CCCCC1C(N)=O)C(N)=S. The zero-order valence-electron chi connectivity index (χ0n) is 13.1. The van der Waals surface area contributed by atoms with Gasteiger partial charge in [0.15, 0.2) is 0 Å². The van der Waals surface area contributed by atoms with Crippen LogP contribution in [0.25, 0.3) is 0 Å². The van der Waals surface area contributed by atoms with Crippen LogP contribution in [0.5, 0.6) is 0 Å². The fraction of sp³-hybridized carbons (Fsp3) is 0.800. The van der Waals surface area contributed by atoms with Crippen molar-refractivity contribution in [1.29, 1.82) is 0 Å². The number of thiocarbonyl (C=S) groups is 1. The Balaban J connectivity index is 3.13. The molecule has 0 spiro atoms. The minimum atomic E-state index is -0.829. The molecule has 6 heteroatoms. The summed E-state index contributed by atoms with van der Waals surface area (Å²) in [6.07, 6.45) is 5.32. The van der Waals surface area contributed by atoms with Crippen LogP contribution < -0.4 is 11.5 Å². The van der Waals surface area contributed by atoms with E-state index in [1.807, 2.05) is 13.8 Å². The number of piperidine rings is 1. The van der Waals surface area contributed by atoms with Crippen LogP contribution in [0.1, 0.15) is 58.8 Å². The van der Waals surface area contributed by atoms with Gasteiger partial charge in [-0.2, -0.15) is 0 Å². The van der Waals surface area contributed by atoms with Gasteiger partial charge < -0.3 is 16.4 Å².